The summed E-state index contributed by atoms with van der Waals surface area (Å²) >= 11 is 0. The molecule has 0 heterocycles. The van der Waals surface area contributed by atoms with E-state index in [1.54, 1.807) is 6.92 Å². The number of hydrogen-bond acceptors (Lipinski definition) is 3. The Labute approximate surface area is 96.4 Å². The average Bonchev–Trinajstić information content (AvgIpc) is 2.39. The summed E-state index contributed by atoms with van der Waals surface area (Å²) in [5.41, 5.74) is 0.781. The van der Waals surface area contributed by atoms with E-state index in [9.17, 15) is 9.90 Å². The molecule has 3 N–H and O–H groups in total. The van der Waals surface area contributed by atoms with Crippen molar-refractivity contribution in [1.82, 2.24) is 5.32 Å². The molecule has 1 aliphatic rings. The molecule has 0 bridgehead atoms. The van der Waals surface area contributed by atoms with Crippen molar-refractivity contribution < 1.29 is 15.0 Å². The van der Waals surface area contributed by atoms with Crippen molar-refractivity contribution in [2.45, 2.75) is 51.2 Å². The van der Waals surface area contributed by atoms with Gasteiger partial charge in [-0.05, 0) is 19.8 Å². The number of hydrogen-bond donors (Lipinski definition) is 3. The number of aliphatic hydroxyl groups is 1. The molecular formula is C12H21NO3. The molecule has 0 radical (unpaired) electrons. The van der Waals surface area contributed by atoms with Gasteiger partial charge in [0.05, 0.1) is 6.10 Å². The monoisotopic (exact) mass is 227 g/mol. The van der Waals surface area contributed by atoms with Crippen molar-refractivity contribution in [3.05, 3.63) is 11.6 Å². The first kappa shape index (κ1) is 13.2. The maximum atomic E-state index is 10.4. The molecule has 0 aromatic carbocycles. The van der Waals surface area contributed by atoms with Crippen LogP contribution < -0.4 is 5.32 Å². The van der Waals surface area contributed by atoms with Crippen molar-refractivity contribution in [2.75, 3.05) is 6.54 Å². The third kappa shape index (κ3) is 4.77. The number of carbonyl (C=O) groups is 1. The fourth-order valence-corrected chi connectivity index (χ4v) is 2.08. The summed E-state index contributed by atoms with van der Waals surface area (Å²) in [7, 11) is 0. The molecule has 0 saturated heterocycles. The molecule has 1 rings (SSSR count). The topological polar surface area (TPSA) is 69.6 Å². The highest BCUT2D eigenvalue weighted by Crippen LogP contribution is 2.18. The molecule has 0 aromatic rings. The van der Waals surface area contributed by atoms with Crippen molar-refractivity contribution in [2.24, 2.45) is 0 Å². The first-order chi connectivity index (χ1) is 7.59. The van der Waals surface area contributed by atoms with E-state index in [0.717, 1.165) is 31.3 Å². The third-order valence-electron chi connectivity index (χ3n) is 2.99. The van der Waals surface area contributed by atoms with Gasteiger partial charge in [0.2, 0.25) is 0 Å². The first-order valence-electron chi connectivity index (χ1n) is 5.91. The normalized spacial score (nSPS) is 27.5. The Morgan fingerprint density at radius 2 is 2.06 bits per heavy atom. The van der Waals surface area contributed by atoms with Crippen molar-refractivity contribution in [3.8, 4) is 0 Å². The number of nitrogens with one attached hydrogen (secondary N) is 1. The van der Waals surface area contributed by atoms with E-state index in [4.69, 9.17) is 5.11 Å². The SMILES string of the molecule is CC(=CC(=O)O)CNC1CCCCCC1O. The molecular weight excluding hydrogens is 206 g/mol. The minimum Gasteiger partial charge on any atom is -0.478 e. The molecule has 1 aliphatic carbocycles. The summed E-state index contributed by atoms with van der Waals surface area (Å²) in [5, 5.41) is 21.6. The van der Waals surface area contributed by atoms with Gasteiger partial charge in [0, 0.05) is 18.7 Å². The van der Waals surface area contributed by atoms with Crippen molar-refractivity contribution in [3.63, 3.8) is 0 Å². The Kier molecular flexibility index (Phi) is 5.49. The molecule has 0 amide bonds. The van der Waals surface area contributed by atoms with Gasteiger partial charge in [-0.15, -0.1) is 0 Å². The maximum Gasteiger partial charge on any atom is 0.328 e. The van der Waals surface area contributed by atoms with Gasteiger partial charge in [-0.2, -0.15) is 0 Å². The average molecular weight is 227 g/mol. The zero-order valence-electron chi connectivity index (χ0n) is 9.78. The maximum absolute atomic E-state index is 10.4. The molecule has 0 aliphatic heterocycles. The number of carboxylic acids is 1. The van der Waals surface area contributed by atoms with Crippen LogP contribution in [0.2, 0.25) is 0 Å². The lowest BCUT2D eigenvalue weighted by molar-refractivity contribution is -0.131. The van der Waals surface area contributed by atoms with Gasteiger partial charge >= 0.3 is 5.97 Å². The smallest absolute Gasteiger partial charge is 0.328 e. The third-order valence-corrected chi connectivity index (χ3v) is 2.99. The summed E-state index contributed by atoms with van der Waals surface area (Å²) in [6, 6.07) is 0.111. The van der Waals surface area contributed by atoms with Crippen molar-refractivity contribution in [1.29, 1.82) is 0 Å². The minimum atomic E-state index is -0.916. The summed E-state index contributed by atoms with van der Waals surface area (Å²) in [5.74, 6) is -0.916. The summed E-state index contributed by atoms with van der Waals surface area (Å²) in [6.07, 6.45) is 6.13. The number of aliphatic hydroxyl groups excluding tert-OH is 1. The predicted octanol–water partition coefficient (Wildman–Crippen LogP) is 1.30. The molecule has 1 saturated carbocycles. The highest BCUT2D eigenvalue weighted by atomic mass is 16.4. The lowest BCUT2D eigenvalue weighted by Gasteiger charge is -2.21. The van der Waals surface area contributed by atoms with Gasteiger partial charge in [-0.3, -0.25) is 0 Å². The largest absolute Gasteiger partial charge is 0.478 e. The van der Waals surface area contributed by atoms with Crippen LogP contribution in [0.3, 0.4) is 0 Å². The highest BCUT2D eigenvalue weighted by molar-refractivity contribution is 5.80. The summed E-state index contributed by atoms with van der Waals surface area (Å²) in [4.78, 5) is 10.4. The zero-order chi connectivity index (χ0) is 12.0. The minimum absolute atomic E-state index is 0.111. The standard InChI is InChI=1S/C12H21NO3/c1-9(7-12(15)16)8-13-10-5-3-2-4-6-11(10)14/h7,10-11,13-14H,2-6,8H2,1H3,(H,15,16). The molecule has 16 heavy (non-hydrogen) atoms. The second-order valence-corrected chi connectivity index (χ2v) is 4.52. The van der Waals surface area contributed by atoms with Gasteiger partial charge in [0.1, 0.15) is 0 Å². The second kappa shape index (κ2) is 6.66. The van der Waals surface area contributed by atoms with Crippen LogP contribution in [0.25, 0.3) is 0 Å². The number of rotatable bonds is 4. The van der Waals surface area contributed by atoms with E-state index in [-0.39, 0.29) is 12.1 Å². The lowest BCUT2D eigenvalue weighted by atomic mass is 10.1. The van der Waals surface area contributed by atoms with Gasteiger partial charge < -0.3 is 15.5 Å². The van der Waals surface area contributed by atoms with Crippen LogP contribution in [-0.2, 0) is 4.79 Å². The summed E-state index contributed by atoms with van der Waals surface area (Å²) < 4.78 is 0. The molecule has 0 aromatic heterocycles. The van der Waals surface area contributed by atoms with Crippen LogP contribution in [0.15, 0.2) is 11.6 Å². The van der Waals surface area contributed by atoms with E-state index < -0.39 is 5.97 Å². The fourth-order valence-electron chi connectivity index (χ4n) is 2.08. The Bertz CT molecular complexity index is 263. The van der Waals surface area contributed by atoms with E-state index in [0.29, 0.717) is 6.54 Å². The molecule has 2 atom stereocenters. The van der Waals surface area contributed by atoms with Crippen LogP contribution in [0.1, 0.15) is 39.0 Å². The molecule has 4 nitrogen and oxygen atoms in total. The summed E-state index contributed by atoms with van der Waals surface area (Å²) in [6.45, 7) is 2.32. The highest BCUT2D eigenvalue weighted by Gasteiger charge is 2.20. The van der Waals surface area contributed by atoms with E-state index in [1.165, 1.54) is 12.5 Å². The van der Waals surface area contributed by atoms with Gasteiger partial charge in [0.25, 0.3) is 0 Å². The van der Waals surface area contributed by atoms with Gasteiger partial charge in [-0.1, -0.05) is 24.8 Å². The Morgan fingerprint density at radius 1 is 1.38 bits per heavy atom. The quantitative estimate of drug-likeness (QED) is 0.500. The van der Waals surface area contributed by atoms with Crippen LogP contribution in [0, 0.1) is 0 Å². The zero-order valence-corrected chi connectivity index (χ0v) is 9.78. The predicted molar refractivity (Wildman–Crippen MR) is 62.3 cm³/mol. The van der Waals surface area contributed by atoms with E-state index in [2.05, 4.69) is 5.32 Å². The van der Waals surface area contributed by atoms with Gasteiger partial charge in [-0.25, -0.2) is 4.79 Å². The molecule has 2 unspecified atom stereocenters. The Balaban J connectivity index is 2.37. The molecule has 4 heteroatoms. The molecule has 0 spiro atoms. The second-order valence-electron chi connectivity index (χ2n) is 4.52. The Hall–Kier alpha value is -0.870. The molecule has 92 valence electrons. The fraction of sp³-hybridized carbons (Fsp3) is 0.750. The van der Waals surface area contributed by atoms with Gasteiger partial charge in [0.15, 0.2) is 0 Å². The number of aliphatic carboxylic acids is 1. The van der Waals surface area contributed by atoms with Crippen LogP contribution in [0.5, 0.6) is 0 Å². The Morgan fingerprint density at radius 3 is 2.75 bits per heavy atom. The van der Waals surface area contributed by atoms with Crippen LogP contribution in [0.4, 0.5) is 0 Å². The first-order valence-corrected chi connectivity index (χ1v) is 5.91. The van der Waals surface area contributed by atoms with Crippen LogP contribution in [-0.4, -0.2) is 34.9 Å². The van der Waals surface area contributed by atoms with E-state index >= 15 is 0 Å². The van der Waals surface area contributed by atoms with E-state index in [1.807, 2.05) is 0 Å². The van der Waals surface area contributed by atoms with Crippen LogP contribution >= 0.6 is 0 Å². The lowest BCUT2D eigenvalue weighted by Crippen LogP contribution is -2.39. The van der Waals surface area contributed by atoms with Crippen molar-refractivity contribution >= 4 is 5.97 Å². The molecule has 1 fully saturated rings. The number of carboxylic acid groups (broad SMARTS) is 1.